The molecule has 78 valence electrons. The molecule has 1 amide bonds. The molecule has 0 bridgehead atoms. The molecule has 5 heteroatoms. The highest BCUT2D eigenvalue weighted by Crippen LogP contribution is 2.08. The second-order valence-corrected chi connectivity index (χ2v) is 3.74. The predicted molar refractivity (Wildman–Crippen MR) is 48.5 cm³/mol. The minimum absolute atomic E-state index is 0.00852. The van der Waals surface area contributed by atoms with Gasteiger partial charge in [-0.05, 0) is 19.4 Å². The molecule has 2 heterocycles. The third-order valence-electron chi connectivity index (χ3n) is 2.58. The largest absolute Gasteiger partial charge is 0.463 e. The number of amides is 1. The van der Waals surface area contributed by atoms with E-state index in [2.05, 4.69) is 10.6 Å². The number of cyclic esters (lactones) is 1. The van der Waals surface area contributed by atoms with Crippen molar-refractivity contribution < 1.29 is 14.3 Å². The lowest BCUT2D eigenvalue weighted by Crippen LogP contribution is -2.45. The summed E-state index contributed by atoms with van der Waals surface area (Å²) in [5.41, 5.74) is 0. The Kier molecular flexibility index (Phi) is 2.67. The highest BCUT2D eigenvalue weighted by molar-refractivity contribution is 5.83. The molecule has 2 aliphatic rings. The lowest BCUT2D eigenvalue weighted by molar-refractivity contribution is -0.138. The van der Waals surface area contributed by atoms with Crippen molar-refractivity contribution in [2.45, 2.75) is 31.3 Å². The first kappa shape index (κ1) is 9.45. The van der Waals surface area contributed by atoms with Gasteiger partial charge in [0, 0.05) is 0 Å². The second kappa shape index (κ2) is 3.96. The van der Waals surface area contributed by atoms with Gasteiger partial charge in [-0.1, -0.05) is 0 Å². The highest BCUT2D eigenvalue weighted by Gasteiger charge is 2.29. The van der Waals surface area contributed by atoms with Crippen LogP contribution in [0.5, 0.6) is 0 Å². The maximum Gasteiger partial charge on any atom is 0.308 e. The Hall–Kier alpha value is -1.10. The standard InChI is InChI=1S/C9H14N2O3/c12-8-4-6(5-14-8)11-9(13)7-2-1-3-10-7/h6-7,10H,1-5H2,(H,11,13)/t6?,7-/m0/s1. The van der Waals surface area contributed by atoms with E-state index in [0.717, 1.165) is 19.4 Å². The Morgan fingerprint density at radius 1 is 1.57 bits per heavy atom. The number of carbonyl (C=O) groups excluding carboxylic acids is 2. The van der Waals surface area contributed by atoms with E-state index in [1.807, 2.05) is 0 Å². The van der Waals surface area contributed by atoms with Gasteiger partial charge in [0.25, 0.3) is 0 Å². The molecule has 2 aliphatic heterocycles. The number of nitrogens with one attached hydrogen (secondary N) is 2. The molecule has 0 aromatic rings. The summed E-state index contributed by atoms with van der Waals surface area (Å²) in [6.07, 6.45) is 2.23. The molecular formula is C9H14N2O3. The fraction of sp³-hybridized carbons (Fsp3) is 0.778. The minimum Gasteiger partial charge on any atom is -0.463 e. The molecule has 2 fully saturated rings. The first-order valence-corrected chi connectivity index (χ1v) is 4.95. The quantitative estimate of drug-likeness (QED) is 0.568. The Morgan fingerprint density at radius 3 is 3.00 bits per heavy atom. The Morgan fingerprint density at radius 2 is 2.43 bits per heavy atom. The average Bonchev–Trinajstić information content (AvgIpc) is 2.75. The number of ether oxygens (including phenoxy) is 1. The number of carbonyl (C=O) groups is 2. The molecule has 5 nitrogen and oxygen atoms in total. The van der Waals surface area contributed by atoms with Gasteiger partial charge in [0.15, 0.2) is 0 Å². The van der Waals surface area contributed by atoms with Gasteiger partial charge in [-0.15, -0.1) is 0 Å². The molecule has 2 atom stereocenters. The maximum absolute atomic E-state index is 11.6. The summed E-state index contributed by atoms with van der Waals surface area (Å²) in [5.74, 6) is -0.236. The molecule has 0 radical (unpaired) electrons. The van der Waals surface area contributed by atoms with E-state index < -0.39 is 0 Å². The Labute approximate surface area is 82.2 Å². The summed E-state index contributed by atoms with van der Waals surface area (Å²) in [5, 5.41) is 5.91. The minimum atomic E-state index is -0.227. The van der Waals surface area contributed by atoms with Gasteiger partial charge in [0.1, 0.15) is 6.61 Å². The van der Waals surface area contributed by atoms with Crippen LogP contribution in [0.4, 0.5) is 0 Å². The van der Waals surface area contributed by atoms with Crippen molar-refractivity contribution in [1.29, 1.82) is 0 Å². The van der Waals surface area contributed by atoms with Crippen molar-refractivity contribution in [2.24, 2.45) is 0 Å². The third kappa shape index (κ3) is 2.04. The topological polar surface area (TPSA) is 67.4 Å². The molecule has 0 aromatic carbocycles. The normalized spacial score (nSPS) is 31.6. The summed E-state index contributed by atoms with van der Waals surface area (Å²) in [6.45, 7) is 1.22. The van der Waals surface area contributed by atoms with Crippen LogP contribution in [0.1, 0.15) is 19.3 Å². The SMILES string of the molecule is O=C1CC(NC(=O)[C@@H]2CCCN2)CO1. The van der Waals surface area contributed by atoms with Crippen molar-refractivity contribution in [2.75, 3.05) is 13.2 Å². The van der Waals surface area contributed by atoms with Crippen molar-refractivity contribution in [3.63, 3.8) is 0 Å². The molecule has 0 aromatic heterocycles. The zero-order valence-corrected chi connectivity index (χ0v) is 7.91. The van der Waals surface area contributed by atoms with Gasteiger partial charge < -0.3 is 15.4 Å². The molecule has 0 saturated carbocycles. The summed E-state index contributed by atoms with van der Waals surface area (Å²) in [4.78, 5) is 22.3. The highest BCUT2D eigenvalue weighted by atomic mass is 16.5. The van der Waals surface area contributed by atoms with Gasteiger partial charge in [0.05, 0.1) is 18.5 Å². The van der Waals surface area contributed by atoms with E-state index >= 15 is 0 Å². The maximum atomic E-state index is 11.6. The van der Waals surface area contributed by atoms with E-state index in [0.29, 0.717) is 13.0 Å². The summed E-state index contributed by atoms with van der Waals surface area (Å²) < 4.78 is 4.75. The van der Waals surface area contributed by atoms with Crippen LogP contribution in [0.3, 0.4) is 0 Å². The van der Waals surface area contributed by atoms with Gasteiger partial charge in [-0.2, -0.15) is 0 Å². The van der Waals surface area contributed by atoms with Crippen molar-refractivity contribution in [3.05, 3.63) is 0 Å². The van der Waals surface area contributed by atoms with Crippen LogP contribution in [0.25, 0.3) is 0 Å². The second-order valence-electron chi connectivity index (χ2n) is 3.74. The van der Waals surface area contributed by atoms with E-state index in [9.17, 15) is 9.59 Å². The first-order chi connectivity index (χ1) is 6.75. The van der Waals surface area contributed by atoms with Gasteiger partial charge in [-0.3, -0.25) is 9.59 Å². The van der Waals surface area contributed by atoms with E-state index in [1.165, 1.54) is 0 Å². The fourth-order valence-electron chi connectivity index (χ4n) is 1.82. The molecule has 14 heavy (non-hydrogen) atoms. The van der Waals surface area contributed by atoms with Crippen LogP contribution in [0.2, 0.25) is 0 Å². The van der Waals surface area contributed by atoms with Gasteiger partial charge >= 0.3 is 5.97 Å². The monoisotopic (exact) mass is 198 g/mol. The zero-order chi connectivity index (χ0) is 9.97. The van der Waals surface area contributed by atoms with Crippen molar-refractivity contribution >= 4 is 11.9 Å². The van der Waals surface area contributed by atoms with Gasteiger partial charge in [-0.25, -0.2) is 0 Å². The van der Waals surface area contributed by atoms with Crippen LogP contribution in [0.15, 0.2) is 0 Å². The van der Waals surface area contributed by atoms with Crippen LogP contribution in [0, 0.1) is 0 Å². The molecular weight excluding hydrogens is 184 g/mol. The third-order valence-corrected chi connectivity index (χ3v) is 2.58. The molecule has 0 spiro atoms. The van der Waals surface area contributed by atoms with Crippen LogP contribution >= 0.6 is 0 Å². The summed E-state index contributed by atoms with van der Waals surface area (Å²) in [7, 11) is 0. The molecule has 2 rings (SSSR count). The molecule has 2 N–H and O–H groups in total. The summed E-state index contributed by atoms with van der Waals surface area (Å²) >= 11 is 0. The number of hydrogen-bond acceptors (Lipinski definition) is 4. The lowest BCUT2D eigenvalue weighted by Gasteiger charge is -2.13. The molecule has 0 aliphatic carbocycles. The van der Waals surface area contributed by atoms with Crippen LogP contribution in [-0.2, 0) is 14.3 Å². The fourth-order valence-corrected chi connectivity index (χ4v) is 1.82. The van der Waals surface area contributed by atoms with E-state index in [4.69, 9.17) is 4.74 Å². The summed E-state index contributed by atoms with van der Waals surface area (Å²) in [6, 6.07) is -0.205. The van der Waals surface area contributed by atoms with Crippen LogP contribution in [-0.4, -0.2) is 37.1 Å². The van der Waals surface area contributed by atoms with Gasteiger partial charge in [0.2, 0.25) is 5.91 Å². The molecule has 2 saturated heterocycles. The Balaban J connectivity index is 1.79. The van der Waals surface area contributed by atoms with Crippen molar-refractivity contribution in [3.8, 4) is 0 Å². The van der Waals surface area contributed by atoms with Crippen molar-refractivity contribution in [1.82, 2.24) is 10.6 Å². The Bertz CT molecular complexity index is 248. The first-order valence-electron chi connectivity index (χ1n) is 4.95. The van der Waals surface area contributed by atoms with E-state index in [-0.39, 0.29) is 24.0 Å². The van der Waals surface area contributed by atoms with Crippen LogP contribution < -0.4 is 10.6 Å². The van der Waals surface area contributed by atoms with E-state index in [1.54, 1.807) is 0 Å². The number of esters is 1. The predicted octanol–water partition coefficient (Wildman–Crippen LogP) is -0.830. The number of rotatable bonds is 2. The average molecular weight is 198 g/mol. The lowest BCUT2D eigenvalue weighted by atomic mass is 10.2. The smallest absolute Gasteiger partial charge is 0.308 e. The number of hydrogen-bond donors (Lipinski definition) is 2. The molecule has 1 unspecified atom stereocenters. The zero-order valence-electron chi connectivity index (χ0n) is 7.91.